The number of aromatic nitrogens is 3. The number of halogens is 1. The first-order valence-corrected chi connectivity index (χ1v) is 8.16. The smallest absolute Gasteiger partial charge is 0.222 e. The Labute approximate surface area is 139 Å². The van der Waals surface area contributed by atoms with Crippen molar-refractivity contribution < 1.29 is 4.39 Å². The lowest BCUT2D eigenvalue weighted by atomic mass is 9.66. The van der Waals surface area contributed by atoms with E-state index in [1.165, 1.54) is 6.07 Å². The molecule has 4 rings (SSSR count). The molecular weight excluding hydrogens is 305 g/mol. The maximum absolute atomic E-state index is 14.1. The summed E-state index contributed by atoms with van der Waals surface area (Å²) in [6.07, 6.45) is 12.8. The number of rotatable bonds is 5. The van der Waals surface area contributed by atoms with E-state index in [0.29, 0.717) is 18.2 Å². The summed E-state index contributed by atoms with van der Waals surface area (Å²) in [7, 11) is 0. The zero-order valence-corrected chi connectivity index (χ0v) is 13.2. The van der Waals surface area contributed by atoms with Gasteiger partial charge in [0.2, 0.25) is 5.95 Å². The third-order valence-corrected chi connectivity index (χ3v) is 4.79. The summed E-state index contributed by atoms with van der Waals surface area (Å²) < 4.78 is 14.1. The Bertz CT molecular complexity index is 793. The van der Waals surface area contributed by atoms with E-state index >= 15 is 0 Å². The highest BCUT2D eigenvalue weighted by Gasteiger charge is 2.41. The molecule has 0 aromatic carbocycles. The molecule has 0 amide bonds. The zero-order valence-electron chi connectivity index (χ0n) is 13.2. The lowest BCUT2D eigenvalue weighted by molar-refractivity contribution is 0.243. The van der Waals surface area contributed by atoms with Crippen LogP contribution in [0.2, 0.25) is 0 Å². The molecule has 6 heteroatoms. The molecule has 0 bridgehead atoms. The van der Waals surface area contributed by atoms with Crippen LogP contribution in [0.4, 0.5) is 10.3 Å². The Morgan fingerprint density at radius 3 is 2.62 bits per heavy atom. The summed E-state index contributed by atoms with van der Waals surface area (Å²) in [5, 5.41) is 3.25. The molecule has 0 atom stereocenters. The summed E-state index contributed by atoms with van der Waals surface area (Å²) in [5.74, 6) is 0.315. The first-order chi connectivity index (χ1) is 11.8. The van der Waals surface area contributed by atoms with Gasteiger partial charge < -0.3 is 5.32 Å². The number of hydrogen-bond acceptors (Lipinski definition) is 5. The summed E-state index contributed by atoms with van der Waals surface area (Å²) in [6, 6.07) is 3.10. The molecule has 2 aliphatic rings. The fraction of sp³-hybridized carbons (Fsp3) is 0.333. The summed E-state index contributed by atoms with van der Waals surface area (Å²) in [4.78, 5) is 17.3. The zero-order chi connectivity index (χ0) is 16.4. The van der Waals surface area contributed by atoms with Crippen LogP contribution in [0.5, 0.6) is 0 Å². The number of hydrogen-bond donors (Lipinski definition) is 1. The van der Waals surface area contributed by atoms with Crippen LogP contribution in [0.1, 0.15) is 36.9 Å². The first kappa shape index (κ1) is 14.9. The van der Waals surface area contributed by atoms with Crippen LogP contribution in [0, 0.1) is 5.82 Å². The van der Waals surface area contributed by atoms with Gasteiger partial charge in [0.15, 0.2) is 0 Å². The molecule has 1 fully saturated rings. The molecule has 1 aliphatic heterocycles. The van der Waals surface area contributed by atoms with Gasteiger partial charge in [0.25, 0.3) is 0 Å². The van der Waals surface area contributed by atoms with Crippen molar-refractivity contribution in [2.45, 2.75) is 31.1 Å². The number of pyridine rings is 1. The van der Waals surface area contributed by atoms with Gasteiger partial charge in [-0.3, -0.25) is 9.98 Å². The molecule has 0 saturated heterocycles. The number of aliphatic imine (C=N–C) groups is 1. The minimum absolute atomic E-state index is 0.234. The van der Waals surface area contributed by atoms with E-state index in [4.69, 9.17) is 0 Å². The maximum Gasteiger partial charge on any atom is 0.222 e. The topological polar surface area (TPSA) is 63.1 Å². The number of nitrogens with zero attached hydrogens (tertiary/aromatic N) is 4. The predicted molar refractivity (Wildman–Crippen MR) is 90.5 cm³/mol. The molecule has 3 heterocycles. The Hall–Kier alpha value is -2.63. The van der Waals surface area contributed by atoms with Gasteiger partial charge in [-0.25, -0.2) is 14.4 Å². The van der Waals surface area contributed by atoms with Crippen LogP contribution in [0.3, 0.4) is 0 Å². The highest BCUT2D eigenvalue weighted by Crippen LogP contribution is 2.43. The van der Waals surface area contributed by atoms with Gasteiger partial charge >= 0.3 is 0 Å². The van der Waals surface area contributed by atoms with E-state index in [2.05, 4.69) is 25.3 Å². The van der Waals surface area contributed by atoms with Crippen molar-refractivity contribution in [2.75, 3.05) is 11.9 Å². The SMILES string of the molecule is Fc1cccnc1C1(CNc2ncc(C3=NC=CC3)cn2)CCC1. The first-order valence-electron chi connectivity index (χ1n) is 8.16. The van der Waals surface area contributed by atoms with Crippen molar-refractivity contribution in [1.29, 1.82) is 0 Å². The molecular formula is C18H18FN5. The van der Waals surface area contributed by atoms with Crippen LogP contribution in [0.25, 0.3) is 0 Å². The quantitative estimate of drug-likeness (QED) is 0.917. The second-order valence-electron chi connectivity index (χ2n) is 6.28. The van der Waals surface area contributed by atoms with Crippen LogP contribution < -0.4 is 5.32 Å². The molecule has 1 N–H and O–H groups in total. The van der Waals surface area contributed by atoms with Gasteiger partial charge in [-0.05, 0) is 25.0 Å². The lowest BCUT2D eigenvalue weighted by Crippen LogP contribution is -2.42. The Morgan fingerprint density at radius 1 is 1.17 bits per heavy atom. The van der Waals surface area contributed by atoms with Crippen molar-refractivity contribution in [3.05, 3.63) is 60.1 Å². The van der Waals surface area contributed by atoms with Crippen LogP contribution in [0.15, 0.2) is 48.0 Å². The molecule has 0 unspecified atom stereocenters. The maximum atomic E-state index is 14.1. The Kier molecular flexibility index (Phi) is 3.80. The largest absolute Gasteiger partial charge is 0.353 e. The Balaban J connectivity index is 1.47. The minimum Gasteiger partial charge on any atom is -0.353 e. The van der Waals surface area contributed by atoms with Crippen LogP contribution >= 0.6 is 0 Å². The lowest BCUT2D eigenvalue weighted by Gasteiger charge is -2.41. The van der Waals surface area contributed by atoms with Crippen molar-refractivity contribution in [3.8, 4) is 0 Å². The molecule has 1 saturated carbocycles. The van der Waals surface area contributed by atoms with Gasteiger partial charge in [0.05, 0.1) is 11.4 Å². The number of allylic oxidation sites excluding steroid dienone is 1. The minimum atomic E-state index is -0.257. The molecule has 2 aromatic rings. The van der Waals surface area contributed by atoms with E-state index in [0.717, 1.165) is 37.0 Å². The summed E-state index contributed by atoms with van der Waals surface area (Å²) in [6.45, 7) is 0.586. The van der Waals surface area contributed by atoms with E-state index in [-0.39, 0.29) is 11.2 Å². The molecule has 0 radical (unpaired) electrons. The van der Waals surface area contributed by atoms with Crippen molar-refractivity contribution in [2.24, 2.45) is 4.99 Å². The highest BCUT2D eigenvalue weighted by molar-refractivity contribution is 6.02. The van der Waals surface area contributed by atoms with Gasteiger partial charge in [0, 0.05) is 48.7 Å². The average molecular weight is 323 g/mol. The third kappa shape index (κ3) is 2.68. The highest BCUT2D eigenvalue weighted by atomic mass is 19.1. The van der Waals surface area contributed by atoms with E-state index in [9.17, 15) is 4.39 Å². The number of anilines is 1. The second-order valence-corrected chi connectivity index (χ2v) is 6.28. The molecule has 24 heavy (non-hydrogen) atoms. The molecule has 1 aliphatic carbocycles. The standard InChI is InChI=1S/C18H18FN5/c19-14-4-1-9-21-16(14)18(6-3-7-18)12-24-17-22-10-13(11-23-17)15-5-2-8-20-15/h1-2,4,8-11H,3,5-7,12H2,(H,22,23,24). The van der Waals surface area contributed by atoms with Gasteiger partial charge in [0.1, 0.15) is 5.82 Å². The van der Waals surface area contributed by atoms with Crippen molar-refractivity contribution >= 4 is 11.7 Å². The van der Waals surface area contributed by atoms with E-state index in [1.54, 1.807) is 30.9 Å². The summed E-state index contributed by atoms with van der Waals surface area (Å²) >= 11 is 0. The summed E-state index contributed by atoms with van der Waals surface area (Å²) in [5.41, 5.74) is 2.20. The average Bonchev–Trinajstić information content (AvgIpc) is 3.10. The fourth-order valence-electron chi connectivity index (χ4n) is 3.25. The fourth-order valence-corrected chi connectivity index (χ4v) is 3.25. The second kappa shape index (κ2) is 6.11. The van der Waals surface area contributed by atoms with Crippen LogP contribution in [-0.4, -0.2) is 27.2 Å². The van der Waals surface area contributed by atoms with Gasteiger partial charge in [-0.2, -0.15) is 0 Å². The van der Waals surface area contributed by atoms with E-state index in [1.807, 2.05) is 6.08 Å². The van der Waals surface area contributed by atoms with Crippen LogP contribution in [-0.2, 0) is 5.41 Å². The van der Waals surface area contributed by atoms with E-state index < -0.39 is 0 Å². The van der Waals surface area contributed by atoms with Gasteiger partial charge in [-0.15, -0.1) is 0 Å². The third-order valence-electron chi connectivity index (χ3n) is 4.79. The molecule has 2 aromatic heterocycles. The molecule has 0 spiro atoms. The van der Waals surface area contributed by atoms with Crippen molar-refractivity contribution in [3.63, 3.8) is 0 Å². The molecule has 122 valence electrons. The van der Waals surface area contributed by atoms with Gasteiger partial charge in [-0.1, -0.05) is 12.5 Å². The predicted octanol–water partition coefficient (Wildman–Crippen LogP) is 3.25. The Morgan fingerprint density at radius 2 is 2.00 bits per heavy atom. The monoisotopic (exact) mass is 323 g/mol. The number of nitrogens with one attached hydrogen (secondary N) is 1. The molecule has 5 nitrogen and oxygen atoms in total. The normalized spacial score (nSPS) is 18.1. The van der Waals surface area contributed by atoms with Crippen molar-refractivity contribution in [1.82, 2.24) is 15.0 Å².